The van der Waals surface area contributed by atoms with Gasteiger partial charge in [-0.05, 0) is 62.6 Å². The predicted octanol–water partition coefficient (Wildman–Crippen LogP) is 6.03. The van der Waals surface area contributed by atoms with Crippen LogP contribution in [0.4, 0.5) is 0 Å². The van der Waals surface area contributed by atoms with Crippen molar-refractivity contribution >= 4 is 23.4 Å². The molecular formula is C29H36ClN3O2. The molecule has 0 aliphatic carbocycles. The van der Waals surface area contributed by atoms with Crippen molar-refractivity contribution in [3.8, 4) is 0 Å². The Morgan fingerprint density at radius 3 is 2.26 bits per heavy atom. The topological polar surface area (TPSA) is 45.6 Å². The lowest BCUT2D eigenvalue weighted by atomic mass is 10.1. The first kappa shape index (κ1) is 26.6. The number of carbonyl (C=O) groups excluding carboxylic acids is 2. The second-order valence-corrected chi connectivity index (χ2v) is 10.2. The first-order valence-corrected chi connectivity index (χ1v) is 12.6. The quantitative estimate of drug-likeness (QED) is 0.346. The summed E-state index contributed by atoms with van der Waals surface area (Å²) < 4.78 is 2.12. The number of hydrogen-bond acceptors (Lipinski definition) is 2. The van der Waals surface area contributed by atoms with E-state index in [1.54, 1.807) is 4.90 Å². The summed E-state index contributed by atoms with van der Waals surface area (Å²) in [5.41, 5.74) is 3.75. The lowest BCUT2D eigenvalue weighted by molar-refractivity contribution is -0.133. The lowest BCUT2D eigenvalue weighted by Gasteiger charge is -2.31. The normalized spacial score (nSPS) is 11.2. The molecule has 35 heavy (non-hydrogen) atoms. The minimum absolute atomic E-state index is 0.0440. The third kappa shape index (κ3) is 7.22. The molecule has 0 saturated carbocycles. The third-order valence-corrected chi connectivity index (χ3v) is 6.37. The fourth-order valence-corrected chi connectivity index (χ4v) is 4.24. The summed E-state index contributed by atoms with van der Waals surface area (Å²) in [5, 5.41) is 0.726. The molecule has 0 aliphatic rings. The summed E-state index contributed by atoms with van der Waals surface area (Å²) in [6.45, 7) is 11.8. The van der Waals surface area contributed by atoms with Gasteiger partial charge in [0.05, 0.1) is 6.54 Å². The van der Waals surface area contributed by atoms with E-state index in [9.17, 15) is 9.59 Å². The summed E-state index contributed by atoms with van der Waals surface area (Å²) in [6.07, 6.45) is 2.01. The van der Waals surface area contributed by atoms with E-state index < -0.39 is 0 Å². The molecule has 3 aromatic rings. The van der Waals surface area contributed by atoms with Gasteiger partial charge in [0.2, 0.25) is 5.91 Å². The molecule has 0 bridgehead atoms. The minimum Gasteiger partial charge on any atom is -0.345 e. The average molecular weight is 494 g/mol. The molecule has 0 spiro atoms. The smallest absolute Gasteiger partial charge is 0.254 e. The van der Waals surface area contributed by atoms with E-state index in [2.05, 4.69) is 18.4 Å². The van der Waals surface area contributed by atoms with E-state index in [0.29, 0.717) is 31.1 Å². The second-order valence-electron chi connectivity index (χ2n) is 9.78. The van der Waals surface area contributed by atoms with E-state index in [1.165, 1.54) is 0 Å². The highest BCUT2D eigenvalue weighted by Gasteiger charge is 2.25. The average Bonchev–Trinajstić information content (AvgIpc) is 3.24. The monoisotopic (exact) mass is 493 g/mol. The zero-order valence-corrected chi connectivity index (χ0v) is 22.1. The van der Waals surface area contributed by atoms with Crippen LogP contribution in [0.15, 0.2) is 66.9 Å². The fraction of sp³-hybridized carbons (Fsp3) is 0.379. The number of aryl methyl sites for hydroxylation is 1. The van der Waals surface area contributed by atoms with Crippen molar-refractivity contribution in [3.63, 3.8) is 0 Å². The van der Waals surface area contributed by atoms with Crippen LogP contribution in [0, 0.1) is 12.8 Å². The highest BCUT2D eigenvalue weighted by atomic mass is 35.5. The first-order chi connectivity index (χ1) is 16.7. The van der Waals surface area contributed by atoms with Crippen LogP contribution in [0.25, 0.3) is 0 Å². The van der Waals surface area contributed by atoms with Gasteiger partial charge in [-0.15, -0.1) is 0 Å². The summed E-state index contributed by atoms with van der Waals surface area (Å²) in [4.78, 5) is 30.3. The molecule has 0 fully saturated rings. The Balaban J connectivity index is 1.78. The highest BCUT2D eigenvalue weighted by Crippen LogP contribution is 2.19. The van der Waals surface area contributed by atoms with E-state index in [0.717, 1.165) is 21.8 Å². The Kier molecular flexibility index (Phi) is 9.16. The molecule has 3 rings (SSSR count). The largest absolute Gasteiger partial charge is 0.345 e. The number of carbonyl (C=O) groups is 2. The Morgan fingerprint density at radius 2 is 1.63 bits per heavy atom. The molecule has 1 heterocycles. The Bertz CT molecular complexity index is 1130. The molecule has 0 unspecified atom stereocenters. The zero-order valence-electron chi connectivity index (χ0n) is 21.4. The maximum atomic E-state index is 13.5. The van der Waals surface area contributed by atoms with Crippen molar-refractivity contribution in [3.05, 3.63) is 94.3 Å². The van der Waals surface area contributed by atoms with Crippen molar-refractivity contribution in [1.29, 1.82) is 0 Å². The molecule has 0 atom stereocenters. The number of nitrogens with zero attached hydrogens (tertiary/aromatic N) is 3. The summed E-state index contributed by atoms with van der Waals surface area (Å²) in [6, 6.07) is 19.2. The highest BCUT2D eigenvalue weighted by molar-refractivity contribution is 6.31. The van der Waals surface area contributed by atoms with Crippen LogP contribution in [-0.2, 0) is 17.9 Å². The van der Waals surface area contributed by atoms with Crippen molar-refractivity contribution in [2.75, 3.05) is 13.1 Å². The molecule has 1 aromatic heterocycles. The van der Waals surface area contributed by atoms with Crippen molar-refractivity contribution in [1.82, 2.24) is 14.4 Å². The number of benzene rings is 2. The van der Waals surface area contributed by atoms with Crippen LogP contribution >= 0.6 is 11.6 Å². The standard InChI is InChI=1S/C29H36ClN3O2/c1-21(2)17-32(19-26-10-8-16-31(26)18-25-9-6-7-11-27(25)30)28(34)20-33(22(3)4)29(35)24-14-12-23(5)13-15-24/h6-16,21-22H,17-20H2,1-5H3. The molecule has 0 radical (unpaired) electrons. The van der Waals surface area contributed by atoms with Gasteiger partial charge in [-0.25, -0.2) is 0 Å². The van der Waals surface area contributed by atoms with Gasteiger partial charge in [-0.3, -0.25) is 9.59 Å². The van der Waals surface area contributed by atoms with Gasteiger partial charge in [0, 0.05) is 41.6 Å². The van der Waals surface area contributed by atoms with Crippen LogP contribution < -0.4 is 0 Å². The van der Waals surface area contributed by atoms with Gasteiger partial charge in [0.15, 0.2) is 0 Å². The molecule has 5 nitrogen and oxygen atoms in total. The Labute approximate surface area is 214 Å². The van der Waals surface area contributed by atoms with Crippen LogP contribution in [-0.4, -0.2) is 45.3 Å². The van der Waals surface area contributed by atoms with Crippen LogP contribution in [0.1, 0.15) is 54.9 Å². The number of aromatic nitrogens is 1. The van der Waals surface area contributed by atoms with Gasteiger partial charge in [0.1, 0.15) is 6.54 Å². The molecule has 0 N–H and O–H groups in total. The maximum Gasteiger partial charge on any atom is 0.254 e. The van der Waals surface area contributed by atoms with Gasteiger partial charge < -0.3 is 14.4 Å². The van der Waals surface area contributed by atoms with Crippen LogP contribution in [0.5, 0.6) is 0 Å². The number of amides is 2. The number of halogens is 1. The second kappa shape index (κ2) is 12.1. The van der Waals surface area contributed by atoms with E-state index in [-0.39, 0.29) is 24.4 Å². The zero-order chi connectivity index (χ0) is 25.5. The van der Waals surface area contributed by atoms with E-state index >= 15 is 0 Å². The molecular weight excluding hydrogens is 458 g/mol. The Morgan fingerprint density at radius 1 is 0.943 bits per heavy atom. The van der Waals surface area contributed by atoms with Crippen LogP contribution in [0.2, 0.25) is 5.02 Å². The summed E-state index contributed by atoms with van der Waals surface area (Å²) in [5.74, 6) is 0.115. The molecule has 6 heteroatoms. The van der Waals surface area contributed by atoms with Crippen LogP contribution in [0.3, 0.4) is 0 Å². The SMILES string of the molecule is Cc1ccc(C(=O)N(CC(=O)N(Cc2cccn2Cc2ccccc2Cl)CC(C)C)C(C)C)cc1. The predicted molar refractivity (Wildman–Crippen MR) is 143 cm³/mol. The van der Waals surface area contributed by atoms with Gasteiger partial charge in [-0.2, -0.15) is 0 Å². The molecule has 2 aromatic carbocycles. The summed E-state index contributed by atoms with van der Waals surface area (Å²) in [7, 11) is 0. The van der Waals surface area contributed by atoms with Gasteiger partial charge >= 0.3 is 0 Å². The third-order valence-electron chi connectivity index (χ3n) is 6.00. The first-order valence-electron chi connectivity index (χ1n) is 12.2. The lowest BCUT2D eigenvalue weighted by Crippen LogP contribution is -2.46. The molecule has 2 amide bonds. The molecule has 0 saturated heterocycles. The molecule has 186 valence electrons. The number of rotatable bonds is 10. The molecule has 0 aliphatic heterocycles. The van der Waals surface area contributed by atoms with Crippen molar-refractivity contribution in [2.24, 2.45) is 5.92 Å². The van der Waals surface area contributed by atoms with Crippen molar-refractivity contribution in [2.45, 2.75) is 53.8 Å². The van der Waals surface area contributed by atoms with E-state index in [1.807, 2.05) is 92.5 Å². The summed E-state index contributed by atoms with van der Waals surface area (Å²) >= 11 is 6.38. The number of hydrogen-bond donors (Lipinski definition) is 0. The Hall–Kier alpha value is -3.05. The van der Waals surface area contributed by atoms with Gasteiger partial charge in [0.25, 0.3) is 5.91 Å². The van der Waals surface area contributed by atoms with E-state index in [4.69, 9.17) is 11.6 Å². The fourth-order valence-electron chi connectivity index (χ4n) is 4.04. The van der Waals surface area contributed by atoms with Crippen molar-refractivity contribution < 1.29 is 9.59 Å². The maximum absolute atomic E-state index is 13.5. The minimum atomic E-state index is -0.125. The van der Waals surface area contributed by atoms with Gasteiger partial charge in [-0.1, -0.05) is 61.3 Å².